The van der Waals surface area contributed by atoms with Gasteiger partial charge in [-0.15, -0.1) is 0 Å². The van der Waals surface area contributed by atoms with E-state index in [0.717, 1.165) is 18.4 Å². The van der Waals surface area contributed by atoms with Gasteiger partial charge in [0.1, 0.15) is 0 Å². The lowest BCUT2D eigenvalue weighted by Crippen LogP contribution is -2.28. The van der Waals surface area contributed by atoms with Crippen LogP contribution in [0.1, 0.15) is 43.7 Å². The summed E-state index contributed by atoms with van der Waals surface area (Å²) in [5.74, 6) is 0.407. The van der Waals surface area contributed by atoms with Crippen molar-refractivity contribution in [2.45, 2.75) is 55.0 Å². The first-order valence-corrected chi connectivity index (χ1v) is 12.2. The summed E-state index contributed by atoms with van der Waals surface area (Å²) in [4.78, 5) is -0.0670. The van der Waals surface area contributed by atoms with E-state index in [2.05, 4.69) is 18.6 Å². The Morgan fingerprint density at radius 1 is 1.00 bits per heavy atom. The Kier molecular flexibility index (Phi) is 5.95. The van der Waals surface area contributed by atoms with E-state index in [1.165, 1.54) is 41.2 Å². The van der Waals surface area contributed by atoms with Gasteiger partial charge in [-0.05, 0) is 48.1 Å². The lowest BCUT2D eigenvalue weighted by molar-refractivity contribution is 0.466. The monoisotopic (exact) mass is 422 g/mol. The average Bonchev–Trinajstić information content (AvgIpc) is 3.45. The minimum absolute atomic E-state index is 0.0323. The summed E-state index contributed by atoms with van der Waals surface area (Å²) in [7, 11) is -6.03. The Morgan fingerprint density at radius 2 is 1.61 bits per heavy atom. The Hall–Kier alpha value is -1.74. The largest absolute Gasteiger partial charge is 0.243 e. The van der Waals surface area contributed by atoms with Crippen molar-refractivity contribution in [1.29, 1.82) is 0 Å². The van der Waals surface area contributed by atoms with E-state index < -0.39 is 20.0 Å². The second kappa shape index (κ2) is 7.94. The predicted octanol–water partition coefficient (Wildman–Crippen LogP) is 3.07. The predicted molar refractivity (Wildman–Crippen MR) is 109 cm³/mol. The first-order valence-electron chi connectivity index (χ1n) is 9.27. The number of rotatable bonds is 8. The standard InChI is InChI=1S/C20H26N2O4S2/c1-15(2)17-9-7-16(8-10-17)14-22(3)28(25,26)20-6-4-5-19(13-20)27(23,24)21-18-11-12-18/h4-10,13,15,18,21H,11-12,14H2,1-3H3. The average molecular weight is 423 g/mol. The van der Waals surface area contributed by atoms with Gasteiger partial charge in [-0.2, -0.15) is 4.31 Å². The maximum absolute atomic E-state index is 12.9. The molecule has 0 heterocycles. The molecule has 2 aromatic carbocycles. The van der Waals surface area contributed by atoms with Crippen molar-refractivity contribution in [2.75, 3.05) is 7.05 Å². The fourth-order valence-corrected chi connectivity index (χ4v) is 5.45. The minimum Gasteiger partial charge on any atom is -0.208 e. The third-order valence-electron chi connectivity index (χ3n) is 4.77. The Morgan fingerprint density at radius 3 is 2.18 bits per heavy atom. The molecule has 0 aromatic heterocycles. The molecule has 1 aliphatic carbocycles. The Labute approximate surface area is 167 Å². The highest BCUT2D eigenvalue weighted by atomic mass is 32.2. The molecule has 0 saturated heterocycles. The van der Waals surface area contributed by atoms with E-state index in [-0.39, 0.29) is 22.4 Å². The van der Waals surface area contributed by atoms with Crippen LogP contribution in [0.15, 0.2) is 58.3 Å². The van der Waals surface area contributed by atoms with Crippen molar-refractivity contribution >= 4 is 20.0 Å². The number of nitrogens with zero attached hydrogens (tertiary/aromatic N) is 1. The molecule has 0 spiro atoms. The van der Waals surface area contributed by atoms with Gasteiger partial charge in [0.2, 0.25) is 20.0 Å². The third kappa shape index (κ3) is 4.81. The first kappa shape index (κ1) is 21.0. The van der Waals surface area contributed by atoms with Gasteiger partial charge in [0.25, 0.3) is 0 Å². The Bertz CT molecular complexity index is 1040. The van der Waals surface area contributed by atoms with Crippen LogP contribution in [0.2, 0.25) is 0 Å². The minimum atomic E-state index is -3.82. The number of sulfonamides is 2. The van der Waals surface area contributed by atoms with Gasteiger partial charge >= 0.3 is 0 Å². The summed E-state index contributed by atoms with van der Waals surface area (Å²) < 4.78 is 54.5. The molecule has 0 unspecified atom stereocenters. The zero-order valence-electron chi connectivity index (χ0n) is 16.3. The molecular weight excluding hydrogens is 396 g/mol. The summed E-state index contributed by atoms with van der Waals surface area (Å²) in [5.41, 5.74) is 2.06. The fraction of sp³-hybridized carbons (Fsp3) is 0.400. The molecule has 2 aromatic rings. The number of hydrogen-bond acceptors (Lipinski definition) is 4. The van der Waals surface area contributed by atoms with Gasteiger partial charge < -0.3 is 0 Å². The second-order valence-corrected chi connectivity index (χ2v) is 11.3. The van der Waals surface area contributed by atoms with Gasteiger partial charge in [0.15, 0.2) is 0 Å². The molecule has 1 N–H and O–H groups in total. The molecule has 1 fully saturated rings. The van der Waals surface area contributed by atoms with Crippen LogP contribution in [-0.4, -0.2) is 34.2 Å². The maximum Gasteiger partial charge on any atom is 0.243 e. The van der Waals surface area contributed by atoms with E-state index in [1.807, 2.05) is 24.3 Å². The van der Waals surface area contributed by atoms with Crippen molar-refractivity contribution < 1.29 is 16.8 Å². The second-order valence-electron chi connectivity index (χ2n) is 7.53. The summed E-state index contributed by atoms with van der Waals surface area (Å²) in [5, 5.41) is 0. The molecule has 1 aliphatic rings. The molecule has 0 aliphatic heterocycles. The van der Waals surface area contributed by atoms with Gasteiger partial charge in [-0.3, -0.25) is 0 Å². The van der Waals surface area contributed by atoms with E-state index in [4.69, 9.17) is 0 Å². The SMILES string of the molecule is CC(C)c1ccc(CN(C)S(=O)(=O)c2cccc(S(=O)(=O)NC3CC3)c2)cc1. The zero-order chi connectivity index (χ0) is 20.5. The molecule has 152 valence electrons. The van der Waals surface area contributed by atoms with Gasteiger partial charge in [-0.1, -0.05) is 44.2 Å². The molecule has 0 radical (unpaired) electrons. The first-order chi connectivity index (χ1) is 13.1. The molecule has 1 saturated carbocycles. The maximum atomic E-state index is 12.9. The highest BCUT2D eigenvalue weighted by Gasteiger charge is 2.29. The van der Waals surface area contributed by atoms with Crippen molar-refractivity contribution in [2.24, 2.45) is 0 Å². The quantitative estimate of drug-likeness (QED) is 0.709. The van der Waals surface area contributed by atoms with E-state index in [1.54, 1.807) is 0 Å². The molecular formula is C20H26N2O4S2. The van der Waals surface area contributed by atoms with Crippen molar-refractivity contribution in [3.8, 4) is 0 Å². The third-order valence-corrected chi connectivity index (χ3v) is 8.09. The van der Waals surface area contributed by atoms with Crippen LogP contribution in [-0.2, 0) is 26.6 Å². The lowest BCUT2D eigenvalue weighted by Gasteiger charge is -2.18. The van der Waals surface area contributed by atoms with Crippen molar-refractivity contribution in [1.82, 2.24) is 9.03 Å². The van der Waals surface area contributed by atoms with Crippen LogP contribution in [0, 0.1) is 0 Å². The topological polar surface area (TPSA) is 83.6 Å². The molecule has 0 bridgehead atoms. The van der Waals surface area contributed by atoms with Crippen molar-refractivity contribution in [3.63, 3.8) is 0 Å². The zero-order valence-corrected chi connectivity index (χ0v) is 17.9. The van der Waals surface area contributed by atoms with E-state index in [0.29, 0.717) is 5.92 Å². The van der Waals surface area contributed by atoms with Crippen LogP contribution in [0.3, 0.4) is 0 Å². The molecule has 8 heteroatoms. The normalized spacial score (nSPS) is 15.3. The highest BCUT2D eigenvalue weighted by Crippen LogP contribution is 2.24. The molecule has 6 nitrogen and oxygen atoms in total. The van der Waals surface area contributed by atoms with E-state index in [9.17, 15) is 16.8 Å². The summed E-state index contributed by atoms with van der Waals surface area (Å²) >= 11 is 0. The number of nitrogens with one attached hydrogen (secondary N) is 1. The summed E-state index contributed by atoms with van der Waals surface area (Å²) in [6.45, 7) is 4.41. The van der Waals surface area contributed by atoms with Gasteiger partial charge in [-0.25, -0.2) is 21.6 Å². The lowest BCUT2D eigenvalue weighted by atomic mass is 10.0. The van der Waals surface area contributed by atoms with Crippen LogP contribution in [0.25, 0.3) is 0 Å². The van der Waals surface area contributed by atoms with Crippen LogP contribution in [0.4, 0.5) is 0 Å². The molecule has 0 amide bonds. The summed E-state index contributed by atoms with van der Waals surface area (Å²) in [6.07, 6.45) is 1.63. The van der Waals surface area contributed by atoms with E-state index >= 15 is 0 Å². The number of benzene rings is 2. The fourth-order valence-electron chi connectivity index (χ4n) is 2.82. The Balaban J connectivity index is 1.80. The van der Waals surface area contributed by atoms with Crippen molar-refractivity contribution in [3.05, 3.63) is 59.7 Å². The van der Waals surface area contributed by atoms with Gasteiger partial charge in [0.05, 0.1) is 9.79 Å². The molecule has 3 rings (SSSR count). The molecule has 28 heavy (non-hydrogen) atoms. The van der Waals surface area contributed by atoms with Crippen LogP contribution in [0.5, 0.6) is 0 Å². The van der Waals surface area contributed by atoms with Crippen LogP contribution < -0.4 is 4.72 Å². The smallest absolute Gasteiger partial charge is 0.208 e. The van der Waals surface area contributed by atoms with Crippen LogP contribution >= 0.6 is 0 Å². The molecule has 0 atom stereocenters. The summed E-state index contributed by atoms with van der Waals surface area (Å²) in [6, 6.07) is 13.3. The number of hydrogen-bond donors (Lipinski definition) is 1. The van der Waals surface area contributed by atoms with Gasteiger partial charge in [0, 0.05) is 19.6 Å². The highest BCUT2D eigenvalue weighted by molar-refractivity contribution is 7.90.